The van der Waals surface area contributed by atoms with Gasteiger partial charge in [-0.3, -0.25) is 4.79 Å². The number of aliphatic hydroxyl groups is 1. The lowest BCUT2D eigenvalue weighted by molar-refractivity contribution is -0.137. The molecule has 0 bridgehead atoms. The van der Waals surface area contributed by atoms with E-state index < -0.39 is 29.7 Å². The summed E-state index contributed by atoms with van der Waals surface area (Å²) in [5.74, 6) is -1.89. The van der Waals surface area contributed by atoms with Gasteiger partial charge in [-0.05, 0) is 44.2 Å². The van der Waals surface area contributed by atoms with Crippen LogP contribution in [0.4, 0.5) is 0 Å². The van der Waals surface area contributed by atoms with Gasteiger partial charge >= 0.3 is 5.97 Å². The summed E-state index contributed by atoms with van der Waals surface area (Å²) in [4.78, 5) is 32.3. The van der Waals surface area contributed by atoms with Gasteiger partial charge in [0.2, 0.25) is 0 Å². The number of likely N-dealkylation sites (tertiary alicyclic amines) is 1. The topological polar surface area (TPSA) is 129 Å². The van der Waals surface area contributed by atoms with Crippen molar-refractivity contribution in [2.45, 2.75) is 57.7 Å². The SMILES string of the molecule is C[C@@H]1C/C=C/[C@@H](O)C/C=C/C(=N\OCC(=O)N2CCCCC2)Cc2c(Cl)c(O)cc(O)c2C(=O)O1. The van der Waals surface area contributed by atoms with Crippen molar-refractivity contribution in [2.75, 3.05) is 19.7 Å². The highest BCUT2D eigenvalue weighted by Crippen LogP contribution is 2.37. The van der Waals surface area contributed by atoms with Crippen molar-refractivity contribution in [2.24, 2.45) is 5.16 Å². The summed E-state index contributed by atoms with van der Waals surface area (Å²) < 4.78 is 5.44. The maximum Gasteiger partial charge on any atom is 0.342 e. The van der Waals surface area contributed by atoms with Gasteiger partial charge in [0.25, 0.3) is 5.91 Å². The minimum absolute atomic E-state index is 0.101. The minimum Gasteiger partial charge on any atom is -0.507 e. The molecule has 3 rings (SSSR count). The number of cyclic esters (lactones) is 1. The van der Waals surface area contributed by atoms with E-state index in [1.54, 1.807) is 36.1 Å². The molecule has 2 aliphatic heterocycles. The summed E-state index contributed by atoms with van der Waals surface area (Å²) in [6.07, 6.45) is 8.79. The highest BCUT2D eigenvalue weighted by molar-refractivity contribution is 6.33. The molecule has 0 spiro atoms. The molecule has 190 valence electrons. The van der Waals surface area contributed by atoms with E-state index in [0.717, 1.165) is 25.3 Å². The Morgan fingerprint density at radius 1 is 1.20 bits per heavy atom. The number of esters is 1. The zero-order valence-corrected chi connectivity index (χ0v) is 20.4. The van der Waals surface area contributed by atoms with Crippen molar-refractivity contribution in [1.82, 2.24) is 4.90 Å². The third kappa shape index (κ3) is 7.47. The van der Waals surface area contributed by atoms with Crippen LogP contribution in [0, 0.1) is 0 Å². The van der Waals surface area contributed by atoms with E-state index in [4.69, 9.17) is 21.2 Å². The largest absolute Gasteiger partial charge is 0.507 e. The standard InChI is InChI=1S/C25H31ClN2O7/c1-16-7-5-9-18(29)10-6-8-17(27-34-15-22(32)28-11-3-2-4-12-28)13-19-23(25(33)35-16)20(30)14-21(31)24(19)26/h5-6,8-9,14,16,18,29-31H,2-4,7,10-13,15H2,1H3/b8-6+,9-5+,27-17+/t16-,18-/m1/s1. The highest BCUT2D eigenvalue weighted by atomic mass is 35.5. The molecule has 10 heteroatoms. The number of hydrogen-bond acceptors (Lipinski definition) is 8. The molecule has 0 unspecified atom stereocenters. The summed E-state index contributed by atoms with van der Waals surface area (Å²) in [7, 11) is 0. The first-order chi connectivity index (χ1) is 16.8. The van der Waals surface area contributed by atoms with Crippen LogP contribution in [0.5, 0.6) is 11.5 Å². The third-order valence-corrected chi connectivity index (χ3v) is 6.21. The van der Waals surface area contributed by atoms with Crippen LogP contribution >= 0.6 is 11.6 Å². The van der Waals surface area contributed by atoms with Gasteiger partial charge in [0.05, 0.1) is 16.8 Å². The second-order valence-corrected chi connectivity index (χ2v) is 9.02. The molecule has 2 atom stereocenters. The van der Waals surface area contributed by atoms with Crippen LogP contribution in [0.1, 0.15) is 54.9 Å². The number of nitrogens with zero attached hydrogens (tertiary/aromatic N) is 2. The van der Waals surface area contributed by atoms with Crippen LogP contribution < -0.4 is 0 Å². The predicted molar refractivity (Wildman–Crippen MR) is 131 cm³/mol. The van der Waals surface area contributed by atoms with E-state index >= 15 is 0 Å². The molecule has 9 nitrogen and oxygen atoms in total. The number of phenols is 2. The van der Waals surface area contributed by atoms with Crippen LogP contribution in [0.3, 0.4) is 0 Å². The number of aliphatic hydroxyl groups excluding tert-OH is 1. The molecular weight excluding hydrogens is 476 g/mol. The molecule has 35 heavy (non-hydrogen) atoms. The number of rotatable bonds is 3. The Morgan fingerprint density at radius 3 is 2.69 bits per heavy atom. The number of allylic oxidation sites excluding steroid dienone is 1. The molecule has 1 amide bonds. The normalized spacial score (nSPS) is 24.7. The van der Waals surface area contributed by atoms with Crippen molar-refractivity contribution in [1.29, 1.82) is 0 Å². The molecule has 0 radical (unpaired) electrons. The summed E-state index contributed by atoms with van der Waals surface area (Å²) in [5, 5.41) is 34.7. The molecule has 1 saturated heterocycles. The minimum atomic E-state index is -0.817. The third-order valence-electron chi connectivity index (χ3n) is 5.78. The van der Waals surface area contributed by atoms with Crippen molar-refractivity contribution in [3.05, 3.63) is 46.5 Å². The lowest BCUT2D eigenvalue weighted by Gasteiger charge is -2.26. The van der Waals surface area contributed by atoms with Gasteiger partial charge in [0.15, 0.2) is 6.61 Å². The number of halogens is 1. The quantitative estimate of drug-likeness (QED) is 0.325. The molecule has 1 fully saturated rings. The van der Waals surface area contributed by atoms with Gasteiger partial charge < -0.3 is 29.8 Å². The number of benzene rings is 1. The Kier molecular flexibility index (Phi) is 9.56. The van der Waals surface area contributed by atoms with Crippen LogP contribution in [0.15, 0.2) is 35.5 Å². The molecule has 1 aromatic carbocycles. The first-order valence-corrected chi connectivity index (χ1v) is 12.1. The van der Waals surface area contributed by atoms with Gasteiger partial charge in [0.1, 0.15) is 23.2 Å². The van der Waals surface area contributed by atoms with E-state index in [0.29, 0.717) is 19.5 Å². The van der Waals surface area contributed by atoms with Crippen LogP contribution in [-0.2, 0) is 20.8 Å². The molecule has 0 aliphatic carbocycles. The molecule has 2 aliphatic rings. The van der Waals surface area contributed by atoms with Gasteiger partial charge in [-0.1, -0.05) is 35.0 Å². The second-order valence-electron chi connectivity index (χ2n) is 8.64. The molecule has 0 saturated carbocycles. The van der Waals surface area contributed by atoms with E-state index in [1.165, 1.54) is 0 Å². The van der Waals surface area contributed by atoms with Gasteiger partial charge in [-0.2, -0.15) is 0 Å². The van der Waals surface area contributed by atoms with Gasteiger partial charge in [0, 0.05) is 32.0 Å². The van der Waals surface area contributed by atoms with Crippen molar-refractivity contribution in [3.8, 4) is 11.5 Å². The number of aromatic hydroxyl groups is 2. The maximum absolute atomic E-state index is 12.9. The van der Waals surface area contributed by atoms with Crippen molar-refractivity contribution < 1.29 is 34.5 Å². The monoisotopic (exact) mass is 506 g/mol. The van der Waals surface area contributed by atoms with Crippen molar-refractivity contribution >= 4 is 29.2 Å². The Hall–Kier alpha value is -3.04. The number of carbonyl (C=O) groups excluding carboxylic acids is 2. The molecule has 3 N–H and O–H groups in total. The number of oxime groups is 1. The van der Waals surface area contributed by atoms with Crippen LogP contribution in [0.25, 0.3) is 0 Å². The fraction of sp³-hybridized carbons (Fsp3) is 0.480. The van der Waals surface area contributed by atoms with E-state index in [2.05, 4.69) is 5.16 Å². The van der Waals surface area contributed by atoms with Crippen LogP contribution in [-0.4, -0.2) is 69.7 Å². The number of carbonyl (C=O) groups is 2. The summed E-state index contributed by atoms with van der Waals surface area (Å²) in [5.41, 5.74) is 0.175. The molecule has 1 aromatic rings. The van der Waals surface area contributed by atoms with E-state index in [-0.39, 0.29) is 47.2 Å². The van der Waals surface area contributed by atoms with E-state index in [9.17, 15) is 24.9 Å². The first kappa shape index (κ1) is 26.6. The highest BCUT2D eigenvalue weighted by Gasteiger charge is 2.26. The van der Waals surface area contributed by atoms with Gasteiger partial charge in [-0.15, -0.1) is 0 Å². The van der Waals surface area contributed by atoms with Crippen molar-refractivity contribution in [3.63, 3.8) is 0 Å². The Balaban J connectivity index is 1.91. The number of hydrogen-bond donors (Lipinski definition) is 3. The Bertz CT molecular complexity index is 1020. The average Bonchev–Trinajstić information content (AvgIpc) is 2.82. The summed E-state index contributed by atoms with van der Waals surface area (Å²) in [6, 6.07) is 0.979. The van der Waals surface area contributed by atoms with Gasteiger partial charge in [-0.25, -0.2) is 4.79 Å². The zero-order chi connectivity index (χ0) is 25.4. The van der Waals surface area contributed by atoms with E-state index in [1.807, 2.05) is 0 Å². The smallest absolute Gasteiger partial charge is 0.342 e. The lowest BCUT2D eigenvalue weighted by Crippen LogP contribution is -2.37. The Morgan fingerprint density at radius 2 is 1.94 bits per heavy atom. The number of amides is 1. The summed E-state index contributed by atoms with van der Waals surface area (Å²) in [6.45, 7) is 2.80. The molecular formula is C25H31ClN2O7. The molecule has 2 heterocycles. The first-order valence-electron chi connectivity index (χ1n) is 11.7. The average molecular weight is 507 g/mol. The zero-order valence-electron chi connectivity index (χ0n) is 19.7. The fourth-order valence-electron chi connectivity index (χ4n) is 3.92. The second kappa shape index (κ2) is 12.6. The number of fused-ring (bicyclic) bond motifs is 1. The maximum atomic E-state index is 12.9. The predicted octanol–water partition coefficient (Wildman–Crippen LogP) is 3.49. The number of phenolic OH excluding ortho intramolecular Hbond substituents is 2. The summed E-state index contributed by atoms with van der Waals surface area (Å²) >= 11 is 6.31. The number of piperidine rings is 1. The van der Waals surface area contributed by atoms with Crippen LogP contribution in [0.2, 0.25) is 5.02 Å². The lowest BCUT2D eigenvalue weighted by atomic mass is 9.99. The number of ether oxygens (including phenoxy) is 1. The Labute approximate surface area is 209 Å². The molecule has 0 aromatic heterocycles. The fourth-order valence-corrected chi connectivity index (χ4v) is 4.14.